The van der Waals surface area contributed by atoms with Crippen LogP contribution in [0.15, 0.2) is 5.16 Å². The van der Waals surface area contributed by atoms with Gasteiger partial charge in [-0.2, -0.15) is 0 Å². The molecule has 0 aliphatic carbocycles. The average Bonchev–Trinajstić information content (AvgIpc) is 1.98. The number of carbonyl (C=O) groups excluding carboxylic acids is 1. The lowest BCUT2D eigenvalue weighted by Gasteiger charge is -2.17. The summed E-state index contributed by atoms with van der Waals surface area (Å²) >= 11 is 0. The van der Waals surface area contributed by atoms with Crippen molar-refractivity contribution in [3.63, 3.8) is 0 Å². The number of likely N-dealkylation sites (N-methyl/N-ethyl adjacent to an activating group) is 1. The molecule has 0 unspecified atom stereocenters. The number of primary amides is 1. The summed E-state index contributed by atoms with van der Waals surface area (Å²) in [7, 11) is 0. The lowest BCUT2D eigenvalue weighted by Crippen LogP contribution is -2.42. The van der Waals surface area contributed by atoms with Crippen LogP contribution in [0, 0.1) is 0 Å². The van der Waals surface area contributed by atoms with E-state index in [-0.39, 0.29) is 12.5 Å². The maximum Gasteiger partial charge on any atom is 0.237 e. The minimum atomic E-state index is -0.515. The fourth-order valence-electron chi connectivity index (χ4n) is 0.606. The minimum absolute atomic E-state index is 0.0353. The normalized spacial score (nSPS) is 11.2. The molecule has 0 bridgehead atoms. The Balaban J connectivity index is 4.06. The summed E-state index contributed by atoms with van der Waals surface area (Å²) < 4.78 is 0. The maximum atomic E-state index is 10.4. The first-order valence-electron chi connectivity index (χ1n) is 3.12. The van der Waals surface area contributed by atoms with Gasteiger partial charge in [-0.3, -0.25) is 4.79 Å². The van der Waals surface area contributed by atoms with E-state index in [0.29, 0.717) is 6.54 Å². The maximum absolute atomic E-state index is 10.4. The number of guanidine groups is 1. The zero-order valence-corrected chi connectivity index (χ0v) is 6.32. The Bertz CT molecular complexity index is 168. The Hall–Kier alpha value is -1.46. The van der Waals surface area contributed by atoms with Crippen LogP contribution in [0.25, 0.3) is 0 Å². The number of amides is 1. The van der Waals surface area contributed by atoms with Crippen LogP contribution in [-0.4, -0.2) is 35.1 Å². The van der Waals surface area contributed by atoms with E-state index >= 15 is 0 Å². The fourth-order valence-corrected chi connectivity index (χ4v) is 0.606. The van der Waals surface area contributed by atoms with Gasteiger partial charge in [-0.05, 0) is 6.92 Å². The predicted molar refractivity (Wildman–Crippen MR) is 39.9 cm³/mol. The van der Waals surface area contributed by atoms with Crippen LogP contribution >= 0.6 is 0 Å². The van der Waals surface area contributed by atoms with Crippen molar-refractivity contribution in [2.24, 2.45) is 16.6 Å². The molecule has 11 heavy (non-hydrogen) atoms. The molecule has 0 aliphatic rings. The highest BCUT2D eigenvalue weighted by molar-refractivity contribution is 5.84. The van der Waals surface area contributed by atoms with Crippen LogP contribution < -0.4 is 11.5 Å². The van der Waals surface area contributed by atoms with Crippen LogP contribution in [0.1, 0.15) is 6.92 Å². The molecule has 6 nitrogen and oxygen atoms in total. The number of rotatable bonds is 3. The molecule has 0 heterocycles. The minimum Gasteiger partial charge on any atom is -0.408 e. The number of carbonyl (C=O) groups is 1. The first-order chi connectivity index (χ1) is 5.11. The Morgan fingerprint density at radius 3 is 2.45 bits per heavy atom. The molecule has 0 saturated carbocycles. The van der Waals surface area contributed by atoms with Crippen molar-refractivity contribution < 1.29 is 10.0 Å². The van der Waals surface area contributed by atoms with E-state index in [0.717, 1.165) is 0 Å². The van der Waals surface area contributed by atoms with E-state index in [1.807, 2.05) is 0 Å². The van der Waals surface area contributed by atoms with Gasteiger partial charge in [0.05, 0.1) is 6.54 Å². The second-order valence-corrected chi connectivity index (χ2v) is 1.94. The molecular weight excluding hydrogens is 148 g/mol. The first kappa shape index (κ1) is 9.54. The largest absolute Gasteiger partial charge is 0.408 e. The number of hydrogen-bond donors (Lipinski definition) is 3. The summed E-state index contributed by atoms with van der Waals surface area (Å²) in [4.78, 5) is 11.7. The summed E-state index contributed by atoms with van der Waals surface area (Å²) in [6, 6.07) is 0. The van der Waals surface area contributed by atoms with Crippen LogP contribution in [-0.2, 0) is 4.79 Å². The van der Waals surface area contributed by atoms with Crippen LogP contribution in [0.5, 0.6) is 0 Å². The molecule has 0 saturated heterocycles. The third-order valence-corrected chi connectivity index (χ3v) is 1.15. The monoisotopic (exact) mass is 160 g/mol. The lowest BCUT2D eigenvalue weighted by molar-refractivity contribution is -0.118. The van der Waals surface area contributed by atoms with Gasteiger partial charge < -0.3 is 21.6 Å². The molecule has 5 N–H and O–H groups in total. The van der Waals surface area contributed by atoms with E-state index in [1.165, 1.54) is 4.90 Å². The summed E-state index contributed by atoms with van der Waals surface area (Å²) in [5.41, 5.74) is 10.1. The van der Waals surface area contributed by atoms with E-state index in [4.69, 9.17) is 16.7 Å². The molecule has 0 atom stereocenters. The number of hydrogen-bond acceptors (Lipinski definition) is 3. The van der Waals surface area contributed by atoms with Gasteiger partial charge in [0.25, 0.3) is 0 Å². The molecule has 0 spiro atoms. The predicted octanol–water partition coefficient (Wildman–Crippen LogP) is -1.50. The van der Waals surface area contributed by atoms with Crippen molar-refractivity contribution in [1.82, 2.24) is 4.90 Å². The third-order valence-electron chi connectivity index (χ3n) is 1.15. The zero-order valence-electron chi connectivity index (χ0n) is 6.32. The van der Waals surface area contributed by atoms with Crippen molar-refractivity contribution in [1.29, 1.82) is 0 Å². The van der Waals surface area contributed by atoms with Gasteiger partial charge in [0, 0.05) is 6.54 Å². The molecule has 0 aromatic rings. The molecule has 0 fully saturated rings. The smallest absolute Gasteiger partial charge is 0.237 e. The summed E-state index contributed by atoms with van der Waals surface area (Å²) in [6.45, 7) is 2.20. The van der Waals surface area contributed by atoms with E-state index in [9.17, 15) is 4.79 Å². The van der Waals surface area contributed by atoms with Crippen molar-refractivity contribution >= 4 is 11.9 Å². The first-order valence-corrected chi connectivity index (χ1v) is 3.12. The third kappa shape index (κ3) is 3.29. The summed E-state index contributed by atoms with van der Waals surface area (Å²) in [6.07, 6.45) is 0. The topological polar surface area (TPSA) is 105 Å². The van der Waals surface area contributed by atoms with Crippen LogP contribution in [0.2, 0.25) is 0 Å². The SMILES string of the molecule is CCN(CC(N)=O)C(N)=NO. The molecule has 64 valence electrons. The van der Waals surface area contributed by atoms with Crippen molar-refractivity contribution in [3.8, 4) is 0 Å². The van der Waals surface area contributed by atoms with Crippen LogP contribution in [0.3, 0.4) is 0 Å². The van der Waals surface area contributed by atoms with Crippen LogP contribution in [0.4, 0.5) is 0 Å². The van der Waals surface area contributed by atoms with E-state index in [1.54, 1.807) is 6.92 Å². The highest BCUT2D eigenvalue weighted by Gasteiger charge is 2.07. The standard InChI is InChI=1S/C5H12N4O2/c1-2-9(3-4(6)10)5(7)8-11/h11H,2-3H2,1H3,(H2,6,10)(H2,7,8). The molecular formula is C5H12N4O2. The Kier molecular flexibility index (Phi) is 3.79. The molecule has 0 aliphatic heterocycles. The zero-order chi connectivity index (χ0) is 8.85. The van der Waals surface area contributed by atoms with Gasteiger partial charge in [0.1, 0.15) is 0 Å². The van der Waals surface area contributed by atoms with Gasteiger partial charge >= 0.3 is 0 Å². The van der Waals surface area contributed by atoms with Gasteiger partial charge in [-0.25, -0.2) is 0 Å². The van der Waals surface area contributed by atoms with Gasteiger partial charge in [-0.1, -0.05) is 5.16 Å². The molecule has 0 radical (unpaired) electrons. The van der Waals surface area contributed by atoms with E-state index in [2.05, 4.69) is 5.16 Å². The van der Waals surface area contributed by atoms with Gasteiger partial charge in [0.15, 0.2) is 0 Å². The quantitative estimate of drug-likeness (QED) is 0.202. The Morgan fingerprint density at radius 2 is 2.18 bits per heavy atom. The molecule has 0 rings (SSSR count). The molecule has 0 aromatic carbocycles. The number of oxime groups is 1. The lowest BCUT2D eigenvalue weighted by atomic mass is 10.5. The Morgan fingerprint density at radius 1 is 1.64 bits per heavy atom. The van der Waals surface area contributed by atoms with Crippen molar-refractivity contribution in [2.75, 3.05) is 13.1 Å². The number of nitrogens with two attached hydrogens (primary N) is 2. The fraction of sp³-hybridized carbons (Fsp3) is 0.600. The highest BCUT2D eigenvalue weighted by atomic mass is 16.4. The van der Waals surface area contributed by atoms with Gasteiger partial charge in [-0.15, -0.1) is 0 Å². The number of nitrogens with zero attached hydrogens (tertiary/aromatic N) is 2. The average molecular weight is 160 g/mol. The summed E-state index contributed by atoms with van der Waals surface area (Å²) in [5, 5.41) is 10.9. The molecule has 1 amide bonds. The summed E-state index contributed by atoms with van der Waals surface area (Å²) in [5.74, 6) is -0.621. The van der Waals surface area contributed by atoms with Crippen molar-refractivity contribution in [3.05, 3.63) is 0 Å². The molecule has 0 aromatic heterocycles. The van der Waals surface area contributed by atoms with Gasteiger partial charge in [0.2, 0.25) is 11.9 Å². The highest BCUT2D eigenvalue weighted by Crippen LogP contribution is 1.84. The molecule has 6 heteroatoms. The second-order valence-electron chi connectivity index (χ2n) is 1.94. The second kappa shape index (κ2) is 4.37. The Labute approximate surface area is 64.4 Å². The van der Waals surface area contributed by atoms with E-state index < -0.39 is 5.91 Å². The van der Waals surface area contributed by atoms with Crippen molar-refractivity contribution in [2.45, 2.75) is 6.92 Å².